The summed E-state index contributed by atoms with van der Waals surface area (Å²) in [6, 6.07) is 8.98. The Morgan fingerprint density at radius 1 is 1.15 bits per heavy atom. The average Bonchev–Trinajstić information content (AvgIpc) is 2.84. The van der Waals surface area contributed by atoms with Gasteiger partial charge in [-0.2, -0.15) is 0 Å². The van der Waals surface area contributed by atoms with E-state index in [0.717, 1.165) is 25.1 Å². The Labute approximate surface area is 122 Å². The fourth-order valence-electron chi connectivity index (χ4n) is 2.65. The largest absolute Gasteiger partial charge is 0.469 e. The molecule has 0 fully saturated rings. The number of hydrogen-bond donors (Lipinski definition) is 1. The maximum Gasteiger partial charge on any atom is 0.101 e. The third kappa shape index (κ3) is 3.51. The summed E-state index contributed by atoms with van der Waals surface area (Å²) in [5.41, 5.74) is 5.43. The van der Waals surface area contributed by atoms with Crippen molar-refractivity contribution in [3.63, 3.8) is 0 Å². The highest BCUT2D eigenvalue weighted by Crippen LogP contribution is 2.24. The van der Waals surface area contributed by atoms with E-state index in [1.165, 1.54) is 22.3 Å². The van der Waals surface area contributed by atoms with Crippen LogP contribution in [0.1, 0.15) is 47.4 Å². The number of aryl methyl sites for hydroxylation is 3. The first-order valence-corrected chi connectivity index (χ1v) is 7.45. The molecule has 20 heavy (non-hydrogen) atoms. The minimum Gasteiger partial charge on any atom is -0.469 e. The van der Waals surface area contributed by atoms with Crippen molar-refractivity contribution in [2.24, 2.45) is 0 Å². The van der Waals surface area contributed by atoms with Crippen molar-refractivity contribution in [1.82, 2.24) is 5.32 Å². The molecule has 1 atom stereocenters. The van der Waals surface area contributed by atoms with Crippen molar-refractivity contribution in [2.45, 2.75) is 46.6 Å². The SMILES string of the molecule is CCCNC(Cc1c(C)cccc1C)c1coc(C)c1. The lowest BCUT2D eigenvalue weighted by atomic mass is 9.94. The van der Waals surface area contributed by atoms with E-state index in [1.54, 1.807) is 0 Å². The fourth-order valence-corrected chi connectivity index (χ4v) is 2.65. The van der Waals surface area contributed by atoms with Crippen LogP contribution in [0.25, 0.3) is 0 Å². The van der Waals surface area contributed by atoms with Gasteiger partial charge in [-0.1, -0.05) is 25.1 Å². The topological polar surface area (TPSA) is 25.2 Å². The van der Waals surface area contributed by atoms with E-state index < -0.39 is 0 Å². The summed E-state index contributed by atoms with van der Waals surface area (Å²) in [6.45, 7) is 9.61. The lowest BCUT2D eigenvalue weighted by molar-refractivity contribution is 0.502. The van der Waals surface area contributed by atoms with Gasteiger partial charge >= 0.3 is 0 Å². The van der Waals surface area contributed by atoms with Gasteiger partial charge in [0.15, 0.2) is 0 Å². The first-order chi connectivity index (χ1) is 9.61. The van der Waals surface area contributed by atoms with Crippen LogP contribution in [0, 0.1) is 20.8 Å². The van der Waals surface area contributed by atoms with Gasteiger partial charge in [-0.05, 0) is 62.9 Å². The van der Waals surface area contributed by atoms with Crippen LogP contribution in [-0.4, -0.2) is 6.54 Å². The Kier molecular flexibility index (Phi) is 5.02. The monoisotopic (exact) mass is 271 g/mol. The van der Waals surface area contributed by atoms with Crippen LogP contribution in [0.4, 0.5) is 0 Å². The summed E-state index contributed by atoms with van der Waals surface area (Å²) in [7, 11) is 0. The second-order valence-electron chi connectivity index (χ2n) is 5.57. The Balaban J connectivity index is 2.23. The summed E-state index contributed by atoms with van der Waals surface area (Å²) < 4.78 is 5.48. The molecule has 0 radical (unpaired) electrons. The van der Waals surface area contributed by atoms with E-state index in [1.807, 2.05) is 13.2 Å². The molecule has 0 saturated carbocycles. The zero-order valence-corrected chi connectivity index (χ0v) is 13.0. The molecule has 1 unspecified atom stereocenters. The van der Waals surface area contributed by atoms with E-state index in [-0.39, 0.29) is 0 Å². The van der Waals surface area contributed by atoms with Crippen LogP contribution < -0.4 is 5.32 Å². The number of benzene rings is 1. The quantitative estimate of drug-likeness (QED) is 0.837. The van der Waals surface area contributed by atoms with E-state index in [0.29, 0.717) is 6.04 Å². The molecule has 108 valence electrons. The lowest BCUT2D eigenvalue weighted by Crippen LogP contribution is -2.24. The summed E-state index contributed by atoms with van der Waals surface area (Å²) in [6.07, 6.45) is 4.04. The van der Waals surface area contributed by atoms with Crippen LogP contribution in [-0.2, 0) is 6.42 Å². The Hall–Kier alpha value is -1.54. The van der Waals surface area contributed by atoms with Crippen molar-refractivity contribution < 1.29 is 4.42 Å². The van der Waals surface area contributed by atoms with Crippen LogP contribution in [0.5, 0.6) is 0 Å². The van der Waals surface area contributed by atoms with E-state index in [2.05, 4.69) is 50.4 Å². The molecule has 0 spiro atoms. The summed E-state index contributed by atoms with van der Waals surface area (Å²) in [5.74, 6) is 0.977. The molecule has 2 heteroatoms. The molecule has 1 heterocycles. The highest BCUT2D eigenvalue weighted by atomic mass is 16.3. The second kappa shape index (κ2) is 6.76. The highest BCUT2D eigenvalue weighted by molar-refractivity contribution is 5.35. The first kappa shape index (κ1) is 14.9. The van der Waals surface area contributed by atoms with Gasteiger partial charge < -0.3 is 9.73 Å². The molecular weight excluding hydrogens is 246 g/mol. The van der Waals surface area contributed by atoms with Crippen molar-refractivity contribution in [3.05, 3.63) is 58.5 Å². The van der Waals surface area contributed by atoms with Gasteiger partial charge in [0.25, 0.3) is 0 Å². The predicted octanol–water partition coefficient (Wildman–Crippen LogP) is 4.49. The molecule has 2 nitrogen and oxygen atoms in total. The lowest BCUT2D eigenvalue weighted by Gasteiger charge is -2.20. The number of nitrogens with one attached hydrogen (secondary N) is 1. The van der Waals surface area contributed by atoms with E-state index >= 15 is 0 Å². The molecule has 0 aliphatic rings. The smallest absolute Gasteiger partial charge is 0.101 e. The van der Waals surface area contributed by atoms with Crippen molar-refractivity contribution in [1.29, 1.82) is 0 Å². The summed E-state index contributed by atoms with van der Waals surface area (Å²) in [5, 5.41) is 3.64. The third-order valence-electron chi connectivity index (χ3n) is 3.85. The molecule has 0 amide bonds. The van der Waals surface area contributed by atoms with Gasteiger partial charge in [0.1, 0.15) is 5.76 Å². The average molecular weight is 271 g/mol. The first-order valence-electron chi connectivity index (χ1n) is 7.45. The predicted molar refractivity (Wildman–Crippen MR) is 84.1 cm³/mol. The molecule has 0 bridgehead atoms. The minimum atomic E-state index is 0.326. The maximum absolute atomic E-state index is 5.48. The maximum atomic E-state index is 5.48. The zero-order valence-electron chi connectivity index (χ0n) is 13.0. The molecule has 2 aromatic rings. The number of hydrogen-bond acceptors (Lipinski definition) is 2. The van der Waals surface area contributed by atoms with E-state index in [9.17, 15) is 0 Å². The molecule has 0 aliphatic heterocycles. The molecule has 1 N–H and O–H groups in total. The zero-order chi connectivity index (χ0) is 14.5. The standard InChI is InChI=1S/C18H25NO/c1-5-9-19-18(16-10-15(4)20-12-16)11-17-13(2)7-6-8-14(17)3/h6-8,10,12,18-19H,5,9,11H2,1-4H3. The molecule has 1 aromatic carbocycles. The van der Waals surface area contributed by atoms with Crippen LogP contribution in [0.15, 0.2) is 34.9 Å². The van der Waals surface area contributed by atoms with Gasteiger partial charge in [0, 0.05) is 11.6 Å². The van der Waals surface area contributed by atoms with Gasteiger partial charge in [-0.3, -0.25) is 0 Å². The number of furan rings is 1. The normalized spacial score (nSPS) is 12.6. The molecule has 0 aliphatic carbocycles. The summed E-state index contributed by atoms with van der Waals surface area (Å²) >= 11 is 0. The van der Waals surface area contributed by atoms with E-state index in [4.69, 9.17) is 4.42 Å². The van der Waals surface area contributed by atoms with Crippen LogP contribution in [0.2, 0.25) is 0 Å². The molecular formula is C18H25NO. The minimum absolute atomic E-state index is 0.326. The Morgan fingerprint density at radius 3 is 2.40 bits per heavy atom. The van der Waals surface area contributed by atoms with Crippen LogP contribution in [0.3, 0.4) is 0 Å². The van der Waals surface area contributed by atoms with Crippen LogP contribution >= 0.6 is 0 Å². The molecule has 2 rings (SSSR count). The summed E-state index contributed by atoms with van der Waals surface area (Å²) in [4.78, 5) is 0. The van der Waals surface area contributed by atoms with Crippen molar-refractivity contribution >= 4 is 0 Å². The van der Waals surface area contributed by atoms with Crippen molar-refractivity contribution in [3.8, 4) is 0 Å². The fraction of sp³-hybridized carbons (Fsp3) is 0.444. The Bertz CT molecular complexity index is 536. The second-order valence-corrected chi connectivity index (χ2v) is 5.57. The van der Waals surface area contributed by atoms with Crippen molar-refractivity contribution in [2.75, 3.05) is 6.54 Å². The van der Waals surface area contributed by atoms with Gasteiger partial charge in [-0.15, -0.1) is 0 Å². The van der Waals surface area contributed by atoms with Gasteiger partial charge in [0.2, 0.25) is 0 Å². The third-order valence-corrected chi connectivity index (χ3v) is 3.85. The number of rotatable bonds is 6. The highest BCUT2D eigenvalue weighted by Gasteiger charge is 2.16. The Morgan fingerprint density at radius 2 is 1.85 bits per heavy atom. The molecule has 1 aromatic heterocycles. The van der Waals surface area contributed by atoms with Gasteiger partial charge in [0.05, 0.1) is 6.26 Å². The van der Waals surface area contributed by atoms with Gasteiger partial charge in [-0.25, -0.2) is 0 Å². The molecule has 0 saturated heterocycles.